The van der Waals surface area contributed by atoms with E-state index in [2.05, 4.69) is 26.3 Å². The summed E-state index contributed by atoms with van der Waals surface area (Å²) in [7, 11) is 3.30. The van der Waals surface area contributed by atoms with Crippen molar-refractivity contribution >= 4 is 39.3 Å². The van der Waals surface area contributed by atoms with E-state index in [4.69, 9.17) is 4.74 Å². The highest BCUT2D eigenvalue weighted by Gasteiger charge is 2.22. The molecule has 0 spiro atoms. The molecule has 1 N–H and O–H groups in total. The Hall–Kier alpha value is -1.73. The number of rotatable bonds is 4. The topological polar surface area (TPSA) is 56.1 Å². The third-order valence-corrected chi connectivity index (χ3v) is 5.07. The van der Waals surface area contributed by atoms with Crippen LogP contribution in [0.5, 0.6) is 0 Å². The number of benzene rings is 1. The summed E-state index contributed by atoms with van der Waals surface area (Å²) in [4.78, 5) is 11.8. The molecule has 0 unspecified atom stereocenters. The maximum absolute atomic E-state index is 11.8. The molecule has 2 aromatic rings. The Morgan fingerprint density at radius 3 is 2.96 bits per heavy atom. The van der Waals surface area contributed by atoms with E-state index >= 15 is 0 Å². The molecule has 1 aliphatic heterocycles. The average molecular weight is 394 g/mol. The van der Waals surface area contributed by atoms with E-state index in [1.165, 1.54) is 7.11 Å². The fourth-order valence-electron chi connectivity index (χ4n) is 2.42. The van der Waals surface area contributed by atoms with Gasteiger partial charge in [-0.1, -0.05) is 12.1 Å². The molecule has 0 saturated carbocycles. The van der Waals surface area contributed by atoms with Crippen molar-refractivity contribution in [2.45, 2.75) is 0 Å². The molecule has 1 aliphatic rings. The summed E-state index contributed by atoms with van der Waals surface area (Å²) in [6.07, 6.45) is 1.92. The van der Waals surface area contributed by atoms with Crippen molar-refractivity contribution in [2.24, 2.45) is 7.05 Å². The van der Waals surface area contributed by atoms with Crippen molar-refractivity contribution in [1.82, 2.24) is 9.78 Å². The van der Waals surface area contributed by atoms with Crippen LogP contribution >= 0.6 is 27.7 Å². The van der Waals surface area contributed by atoms with Gasteiger partial charge in [-0.3, -0.25) is 4.68 Å². The molecular weight excluding hydrogens is 378 g/mol. The van der Waals surface area contributed by atoms with Crippen LogP contribution in [0.2, 0.25) is 0 Å². The normalized spacial score (nSPS) is 14.2. The van der Waals surface area contributed by atoms with E-state index in [1.807, 2.05) is 37.5 Å². The minimum atomic E-state index is -0.263. The lowest BCUT2D eigenvalue weighted by Crippen LogP contribution is -2.11. The number of hydrogen-bond donors (Lipinski definition) is 1. The van der Waals surface area contributed by atoms with E-state index in [9.17, 15) is 4.79 Å². The molecule has 0 radical (unpaired) electrons. The van der Waals surface area contributed by atoms with Gasteiger partial charge in [0.2, 0.25) is 0 Å². The van der Waals surface area contributed by atoms with Crippen LogP contribution in [0.1, 0.15) is 0 Å². The second kappa shape index (κ2) is 6.80. The van der Waals surface area contributed by atoms with Gasteiger partial charge in [0.05, 0.1) is 17.2 Å². The number of halogens is 1. The summed E-state index contributed by atoms with van der Waals surface area (Å²) in [6.45, 7) is 0. The van der Waals surface area contributed by atoms with Crippen LogP contribution in [0.15, 0.2) is 46.2 Å². The van der Waals surface area contributed by atoms with E-state index in [1.54, 1.807) is 16.4 Å². The number of aromatic nitrogens is 2. The molecule has 2 heterocycles. The maximum atomic E-state index is 11.8. The number of hydrogen-bond acceptors (Lipinski definition) is 5. The lowest BCUT2D eigenvalue weighted by molar-refractivity contribution is -0.136. The van der Waals surface area contributed by atoms with Crippen LogP contribution in [-0.4, -0.2) is 34.4 Å². The molecule has 0 atom stereocenters. The second-order valence-electron chi connectivity index (χ2n) is 5.15. The molecule has 1 aromatic carbocycles. The summed E-state index contributed by atoms with van der Waals surface area (Å²) >= 11 is 5.23. The standard InChI is InChI=1S/C16H16BrN3O2S/c1-20-7-13(17)15(19-20)10-4-3-5-11(6-10)18-14-9-23-8-12(14)16(21)22-2/h3-7,18H,8-9H2,1-2H3. The molecule has 0 saturated heterocycles. The third kappa shape index (κ3) is 3.45. The molecular formula is C16H16BrN3O2S. The SMILES string of the molecule is COC(=O)C1=C(Nc2cccc(-c3nn(C)cc3Br)c2)CSC1. The highest BCUT2D eigenvalue weighted by atomic mass is 79.9. The van der Waals surface area contributed by atoms with Crippen LogP contribution in [0.25, 0.3) is 11.3 Å². The Morgan fingerprint density at radius 1 is 1.43 bits per heavy atom. The largest absolute Gasteiger partial charge is 0.466 e. The van der Waals surface area contributed by atoms with E-state index in [0.717, 1.165) is 32.9 Å². The number of carbonyl (C=O) groups excluding carboxylic acids is 1. The van der Waals surface area contributed by atoms with Crippen molar-refractivity contribution in [3.05, 3.63) is 46.2 Å². The third-order valence-electron chi connectivity index (χ3n) is 3.50. The fourth-order valence-corrected chi connectivity index (χ4v) is 4.07. The Labute approximate surface area is 147 Å². The van der Waals surface area contributed by atoms with Crippen molar-refractivity contribution in [1.29, 1.82) is 0 Å². The highest BCUT2D eigenvalue weighted by Crippen LogP contribution is 2.30. The second-order valence-corrected chi connectivity index (χ2v) is 6.99. The highest BCUT2D eigenvalue weighted by molar-refractivity contribution is 9.10. The molecule has 7 heteroatoms. The summed E-state index contributed by atoms with van der Waals surface area (Å²) in [5.41, 5.74) is 4.45. The van der Waals surface area contributed by atoms with E-state index in [0.29, 0.717) is 11.3 Å². The average Bonchev–Trinajstić information content (AvgIpc) is 3.13. The number of nitrogens with one attached hydrogen (secondary N) is 1. The Bertz CT molecular complexity index is 785. The van der Waals surface area contributed by atoms with Crippen molar-refractivity contribution in [3.63, 3.8) is 0 Å². The summed E-state index contributed by atoms with van der Waals surface area (Å²) < 4.78 is 7.56. The maximum Gasteiger partial charge on any atom is 0.336 e. The molecule has 1 aromatic heterocycles. The van der Waals surface area contributed by atoms with Crippen LogP contribution in [-0.2, 0) is 16.6 Å². The number of aryl methyl sites for hydroxylation is 1. The zero-order valence-corrected chi connectivity index (χ0v) is 15.2. The first kappa shape index (κ1) is 16.1. The number of esters is 1. The Balaban J connectivity index is 1.89. The number of nitrogens with zero attached hydrogens (tertiary/aromatic N) is 2. The number of ether oxygens (including phenoxy) is 1. The first-order valence-corrected chi connectivity index (χ1v) is 8.98. The van der Waals surface area contributed by atoms with Crippen LogP contribution < -0.4 is 5.32 Å². The van der Waals surface area contributed by atoms with Gasteiger partial charge >= 0.3 is 5.97 Å². The van der Waals surface area contributed by atoms with Gasteiger partial charge in [0.15, 0.2) is 0 Å². The van der Waals surface area contributed by atoms with Gasteiger partial charge in [-0.2, -0.15) is 16.9 Å². The zero-order valence-electron chi connectivity index (χ0n) is 12.8. The van der Waals surface area contributed by atoms with Gasteiger partial charge in [0.25, 0.3) is 0 Å². The predicted molar refractivity (Wildman–Crippen MR) is 96.3 cm³/mol. The molecule has 23 heavy (non-hydrogen) atoms. The number of anilines is 1. The zero-order chi connectivity index (χ0) is 16.4. The van der Waals surface area contributed by atoms with Crippen LogP contribution in [0, 0.1) is 0 Å². The first-order valence-electron chi connectivity index (χ1n) is 7.03. The Morgan fingerprint density at radius 2 is 2.26 bits per heavy atom. The fraction of sp³-hybridized carbons (Fsp3) is 0.250. The van der Waals surface area contributed by atoms with Crippen molar-refractivity contribution < 1.29 is 9.53 Å². The summed E-state index contributed by atoms with van der Waals surface area (Å²) in [5, 5.41) is 7.81. The first-order chi connectivity index (χ1) is 11.1. The van der Waals surface area contributed by atoms with Gasteiger partial charge < -0.3 is 10.1 Å². The molecule has 0 fully saturated rings. The molecule has 0 bridgehead atoms. The van der Waals surface area contributed by atoms with Gasteiger partial charge in [0, 0.05) is 41.7 Å². The smallest absolute Gasteiger partial charge is 0.336 e. The lowest BCUT2D eigenvalue weighted by atomic mass is 10.1. The van der Waals surface area contributed by atoms with Crippen LogP contribution in [0.4, 0.5) is 5.69 Å². The lowest BCUT2D eigenvalue weighted by Gasteiger charge is -2.10. The molecule has 0 aliphatic carbocycles. The van der Waals surface area contributed by atoms with Gasteiger partial charge in [-0.15, -0.1) is 0 Å². The van der Waals surface area contributed by atoms with E-state index in [-0.39, 0.29) is 5.97 Å². The van der Waals surface area contributed by atoms with Crippen molar-refractivity contribution in [3.8, 4) is 11.3 Å². The number of carbonyl (C=O) groups is 1. The van der Waals surface area contributed by atoms with Gasteiger partial charge in [-0.25, -0.2) is 4.79 Å². The Kier molecular flexibility index (Phi) is 4.77. The van der Waals surface area contributed by atoms with Crippen LogP contribution in [0.3, 0.4) is 0 Å². The summed E-state index contributed by atoms with van der Waals surface area (Å²) in [6, 6.07) is 7.99. The molecule has 5 nitrogen and oxygen atoms in total. The monoisotopic (exact) mass is 393 g/mol. The number of methoxy groups -OCH3 is 1. The number of thioether (sulfide) groups is 1. The molecule has 0 amide bonds. The minimum Gasteiger partial charge on any atom is -0.466 e. The predicted octanol–water partition coefficient (Wildman–Crippen LogP) is 3.44. The molecule has 3 rings (SSSR count). The minimum absolute atomic E-state index is 0.263. The van der Waals surface area contributed by atoms with E-state index < -0.39 is 0 Å². The molecule has 120 valence electrons. The van der Waals surface area contributed by atoms with Crippen molar-refractivity contribution in [2.75, 3.05) is 23.9 Å². The van der Waals surface area contributed by atoms with Gasteiger partial charge in [-0.05, 0) is 28.1 Å². The summed E-state index contributed by atoms with van der Waals surface area (Å²) in [5.74, 6) is 1.20. The van der Waals surface area contributed by atoms with Gasteiger partial charge in [0.1, 0.15) is 5.69 Å². The quantitative estimate of drug-likeness (QED) is 0.806.